The fraction of sp³-hybridized carbons (Fsp3) is 0.238. The number of methoxy groups -OCH3 is 2. The van der Waals surface area contributed by atoms with Crippen molar-refractivity contribution in [3.8, 4) is 5.75 Å². The second-order valence-corrected chi connectivity index (χ2v) is 6.71. The van der Waals surface area contributed by atoms with Gasteiger partial charge < -0.3 is 25.1 Å². The van der Waals surface area contributed by atoms with E-state index in [0.717, 1.165) is 34.3 Å². The number of ether oxygens (including phenoxy) is 2. The minimum absolute atomic E-state index is 0.257. The average molecular weight is 398 g/mol. The van der Waals surface area contributed by atoms with Crippen LogP contribution < -0.4 is 15.4 Å². The largest absolute Gasteiger partial charge is 0.497 e. The van der Waals surface area contributed by atoms with Crippen molar-refractivity contribution in [1.29, 1.82) is 0 Å². The van der Waals surface area contributed by atoms with Crippen molar-refractivity contribution in [1.82, 2.24) is 10.3 Å². The Bertz CT molecular complexity index is 967. The SMILES string of the molecule is COC(=O)Cc1ccc(NC(=S)NCCc2c[nH]c3ccc(OC)cc23)cc1. The van der Waals surface area contributed by atoms with E-state index in [1.54, 1.807) is 7.11 Å². The molecule has 0 saturated carbocycles. The van der Waals surface area contributed by atoms with Crippen molar-refractivity contribution in [2.24, 2.45) is 0 Å². The van der Waals surface area contributed by atoms with Gasteiger partial charge in [-0.05, 0) is 60.1 Å². The molecule has 1 aromatic heterocycles. The summed E-state index contributed by atoms with van der Waals surface area (Å²) in [6, 6.07) is 13.5. The van der Waals surface area contributed by atoms with Crippen molar-refractivity contribution < 1.29 is 14.3 Å². The predicted molar refractivity (Wildman–Crippen MR) is 115 cm³/mol. The summed E-state index contributed by atoms with van der Waals surface area (Å²) in [7, 11) is 3.05. The Balaban J connectivity index is 1.50. The van der Waals surface area contributed by atoms with Gasteiger partial charge in [0, 0.05) is 29.3 Å². The Kier molecular flexibility index (Phi) is 6.49. The second kappa shape index (κ2) is 9.23. The third-order valence-corrected chi connectivity index (χ3v) is 4.69. The van der Waals surface area contributed by atoms with Crippen LogP contribution in [0.4, 0.5) is 5.69 Å². The molecule has 2 aromatic carbocycles. The molecule has 0 aliphatic rings. The van der Waals surface area contributed by atoms with Crippen LogP contribution in [0.1, 0.15) is 11.1 Å². The molecular weight excluding hydrogens is 374 g/mol. The molecule has 0 unspecified atom stereocenters. The van der Waals surface area contributed by atoms with Crippen LogP contribution in [0.25, 0.3) is 10.9 Å². The highest BCUT2D eigenvalue weighted by Crippen LogP contribution is 2.23. The Morgan fingerprint density at radius 1 is 1.14 bits per heavy atom. The zero-order valence-electron chi connectivity index (χ0n) is 15.9. The topological polar surface area (TPSA) is 75.4 Å². The van der Waals surface area contributed by atoms with Crippen LogP contribution in [0.15, 0.2) is 48.7 Å². The van der Waals surface area contributed by atoms with Crippen LogP contribution >= 0.6 is 12.2 Å². The van der Waals surface area contributed by atoms with Gasteiger partial charge in [0.25, 0.3) is 0 Å². The lowest BCUT2D eigenvalue weighted by molar-refractivity contribution is -0.139. The highest BCUT2D eigenvalue weighted by atomic mass is 32.1. The lowest BCUT2D eigenvalue weighted by Gasteiger charge is -2.11. The van der Waals surface area contributed by atoms with Crippen LogP contribution in [0.5, 0.6) is 5.75 Å². The first kappa shape index (κ1) is 19.7. The van der Waals surface area contributed by atoms with Crippen molar-refractivity contribution in [2.45, 2.75) is 12.8 Å². The van der Waals surface area contributed by atoms with E-state index in [9.17, 15) is 4.79 Å². The van der Waals surface area contributed by atoms with Crippen molar-refractivity contribution in [3.05, 3.63) is 59.8 Å². The molecule has 0 amide bonds. The summed E-state index contributed by atoms with van der Waals surface area (Å²) in [5.74, 6) is 0.585. The number of rotatable bonds is 7. The molecule has 28 heavy (non-hydrogen) atoms. The number of fused-ring (bicyclic) bond motifs is 1. The number of hydrogen-bond acceptors (Lipinski definition) is 4. The van der Waals surface area contributed by atoms with Gasteiger partial charge in [0.1, 0.15) is 5.75 Å². The summed E-state index contributed by atoms with van der Waals surface area (Å²) in [5.41, 5.74) is 4.05. The highest BCUT2D eigenvalue weighted by Gasteiger charge is 2.06. The van der Waals surface area contributed by atoms with Gasteiger partial charge in [-0.3, -0.25) is 4.79 Å². The molecule has 6 nitrogen and oxygen atoms in total. The summed E-state index contributed by atoms with van der Waals surface area (Å²) in [5, 5.41) is 8.08. The summed E-state index contributed by atoms with van der Waals surface area (Å²) in [4.78, 5) is 14.6. The van der Waals surface area contributed by atoms with Gasteiger partial charge in [0.05, 0.1) is 20.6 Å². The number of esters is 1. The van der Waals surface area contributed by atoms with Gasteiger partial charge in [-0.25, -0.2) is 0 Å². The van der Waals surface area contributed by atoms with Crippen LogP contribution in [-0.2, 0) is 22.4 Å². The molecule has 0 radical (unpaired) electrons. The van der Waals surface area contributed by atoms with E-state index in [2.05, 4.69) is 20.4 Å². The number of H-pyrrole nitrogens is 1. The number of carbonyl (C=O) groups is 1. The molecule has 0 aliphatic carbocycles. The molecule has 0 fully saturated rings. The van der Waals surface area contributed by atoms with Gasteiger partial charge in [-0.2, -0.15) is 0 Å². The van der Waals surface area contributed by atoms with Crippen LogP contribution in [0, 0.1) is 0 Å². The Hall–Kier alpha value is -3.06. The molecule has 0 spiro atoms. The number of thiocarbonyl (C=S) groups is 1. The van der Waals surface area contributed by atoms with Gasteiger partial charge in [0.15, 0.2) is 5.11 Å². The standard InChI is InChI=1S/C21H23N3O3S/c1-26-17-7-8-19-18(12-17)15(13-23-19)9-10-22-21(28)24-16-5-3-14(4-6-16)11-20(25)27-2/h3-8,12-13,23H,9-11H2,1-2H3,(H2,22,24,28). The maximum atomic E-state index is 11.3. The zero-order valence-corrected chi connectivity index (χ0v) is 16.7. The van der Waals surface area contributed by atoms with E-state index >= 15 is 0 Å². The molecule has 146 valence electrons. The van der Waals surface area contributed by atoms with E-state index in [4.69, 9.17) is 17.0 Å². The first-order chi connectivity index (χ1) is 13.6. The summed E-state index contributed by atoms with van der Waals surface area (Å²) in [6.45, 7) is 0.705. The molecule has 3 aromatic rings. The first-order valence-corrected chi connectivity index (χ1v) is 9.34. The van der Waals surface area contributed by atoms with E-state index in [1.165, 1.54) is 12.7 Å². The molecule has 0 bridgehead atoms. The highest BCUT2D eigenvalue weighted by molar-refractivity contribution is 7.80. The number of benzene rings is 2. The fourth-order valence-electron chi connectivity index (χ4n) is 2.92. The Morgan fingerprint density at radius 3 is 2.64 bits per heavy atom. The van der Waals surface area contributed by atoms with E-state index in [1.807, 2.05) is 48.7 Å². The summed E-state index contributed by atoms with van der Waals surface area (Å²) in [6.07, 6.45) is 3.10. The van der Waals surface area contributed by atoms with Crippen molar-refractivity contribution >= 4 is 39.9 Å². The molecule has 0 aliphatic heterocycles. The lowest BCUT2D eigenvalue weighted by Crippen LogP contribution is -2.30. The quantitative estimate of drug-likeness (QED) is 0.419. The van der Waals surface area contributed by atoms with Gasteiger partial charge >= 0.3 is 5.97 Å². The Labute approximate surface area is 169 Å². The molecule has 1 heterocycles. The monoisotopic (exact) mass is 397 g/mol. The molecule has 3 N–H and O–H groups in total. The minimum Gasteiger partial charge on any atom is -0.497 e. The number of hydrogen-bond donors (Lipinski definition) is 3. The van der Waals surface area contributed by atoms with Crippen molar-refractivity contribution in [2.75, 3.05) is 26.1 Å². The molecule has 0 atom stereocenters. The minimum atomic E-state index is -0.257. The number of aromatic amines is 1. The van der Waals surface area contributed by atoms with Gasteiger partial charge in [-0.15, -0.1) is 0 Å². The molecule has 0 saturated heterocycles. The molecule has 3 rings (SSSR count). The predicted octanol–water partition coefficient (Wildman–Crippen LogP) is 3.42. The van der Waals surface area contributed by atoms with E-state index < -0.39 is 0 Å². The number of nitrogens with one attached hydrogen (secondary N) is 3. The molecule has 7 heteroatoms. The third kappa shape index (κ3) is 5.01. The van der Waals surface area contributed by atoms with Crippen molar-refractivity contribution in [3.63, 3.8) is 0 Å². The first-order valence-electron chi connectivity index (χ1n) is 8.93. The van der Waals surface area contributed by atoms with E-state index in [0.29, 0.717) is 11.7 Å². The van der Waals surface area contributed by atoms with Crippen LogP contribution in [0.3, 0.4) is 0 Å². The summed E-state index contributed by atoms with van der Waals surface area (Å²) >= 11 is 5.36. The summed E-state index contributed by atoms with van der Waals surface area (Å²) < 4.78 is 9.97. The normalized spacial score (nSPS) is 10.5. The average Bonchev–Trinajstić information content (AvgIpc) is 3.11. The Morgan fingerprint density at radius 2 is 1.93 bits per heavy atom. The van der Waals surface area contributed by atoms with Gasteiger partial charge in [0.2, 0.25) is 0 Å². The smallest absolute Gasteiger partial charge is 0.309 e. The van der Waals surface area contributed by atoms with Crippen LogP contribution in [-0.4, -0.2) is 36.8 Å². The number of aromatic nitrogens is 1. The zero-order chi connectivity index (χ0) is 19.9. The fourth-order valence-corrected chi connectivity index (χ4v) is 3.14. The van der Waals surface area contributed by atoms with Gasteiger partial charge in [-0.1, -0.05) is 12.1 Å². The lowest BCUT2D eigenvalue weighted by atomic mass is 10.1. The molecular formula is C21H23N3O3S. The second-order valence-electron chi connectivity index (χ2n) is 6.31. The number of carbonyl (C=O) groups excluding carboxylic acids is 1. The van der Waals surface area contributed by atoms with E-state index in [-0.39, 0.29) is 12.4 Å². The maximum absolute atomic E-state index is 11.3. The number of anilines is 1. The van der Waals surface area contributed by atoms with Crippen LogP contribution in [0.2, 0.25) is 0 Å². The maximum Gasteiger partial charge on any atom is 0.309 e. The third-order valence-electron chi connectivity index (χ3n) is 4.44.